The first-order chi connectivity index (χ1) is 13.0. The Bertz CT molecular complexity index is 839. The largest absolute Gasteiger partial charge is 0.481 e. The van der Waals surface area contributed by atoms with Crippen LogP contribution in [0, 0.1) is 5.92 Å². The van der Waals surface area contributed by atoms with Gasteiger partial charge in [0.15, 0.2) is 0 Å². The molecule has 2 unspecified atom stereocenters. The maximum Gasteiger partial charge on any atom is 0.312 e. The van der Waals surface area contributed by atoms with Crippen molar-refractivity contribution in [2.24, 2.45) is 5.92 Å². The van der Waals surface area contributed by atoms with Crippen molar-refractivity contribution in [3.8, 4) is 0 Å². The van der Waals surface area contributed by atoms with E-state index in [9.17, 15) is 19.5 Å². The van der Waals surface area contributed by atoms with E-state index >= 15 is 0 Å². The molecule has 2 amide bonds. The van der Waals surface area contributed by atoms with Gasteiger partial charge in [0.05, 0.1) is 11.8 Å². The topological polar surface area (TPSA) is 86.7 Å². The fourth-order valence-corrected chi connectivity index (χ4v) is 3.26. The zero-order valence-electron chi connectivity index (χ0n) is 14.5. The monoisotopic (exact) mass is 386 g/mol. The van der Waals surface area contributed by atoms with Crippen LogP contribution in [0.4, 0.5) is 5.69 Å². The summed E-state index contributed by atoms with van der Waals surface area (Å²) in [5.74, 6) is -2.82. The third-order valence-electron chi connectivity index (χ3n) is 4.61. The minimum absolute atomic E-state index is 0.0240. The predicted octanol–water partition coefficient (Wildman–Crippen LogP) is 2.68. The van der Waals surface area contributed by atoms with Gasteiger partial charge in [-0.1, -0.05) is 41.9 Å². The number of hydrogen-bond acceptors (Lipinski definition) is 3. The second-order valence-electron chi connectivity index (χ2n) is 6.43. The minimum Gasteiger partial charge on any atom is -0.481 e. The molecule has 1 aliphatic rings. The standard InChI is InChI=1S/C20H19ClN2O4/c21-15-6-8-16(9-7-15)23-12-14(10-18(23)24)19(25)22-11-17(20(26)27)13-4-2-1-3-5-13/h1-9,14,17H,10-12H2,(H,22,25)(H,26,27). The highest BCUT2D eigenvalue weighted by atomic mass is 35.5. The Labute approximate surface area is 161 Å². The highest BCUT2D eigenvalue weighted by molar-refractivity contribution is 6.30. The molecule has 0 spiro atoms. The average Bonchev–Trinajstić information content (AvgIpc) is 3.05. The van der Waals surface area contributed by atoms with Gasteiger partial charge in [-0.05, 0) is 29.8 Å². The Morgan fingerprint density at radius 3 is 2.44 bits per heavy atom. The Kier molecular flexibility index (Phi) is 5.76. The van der Waals surface area contributed by atoms with Crippen LogP contribution in [-0.2, 0) is 14.4 Å². The number of hydrogen-bond donors (Lipinski definition) is 2. The van der Waals surface area contributed by atoms with Crippen LogP contribution in [0.2, 0.25) is 5.02 Å². The summed E-state index contributed by atoms with van der Waals surface area (Å²) in [6.07, 6.45) is 0.0948. The van der Waals surface area contributed by atoms with Crippen LogP contribution in [0.5, 0.6) is 0 Å². The first-order valence-electron chi connectivity index (χ1n) is 8.57. The summed E-state index contributed by atoms with van der Waals surface area (Å²) in [7, 11) is 0. The predicted molar refractivity (Wildman–Crippen MR) is 102 cm³/mol. The van der Waals surface area contributed by atoms with Gasteiger partial charge in [-0.2, -0.15) is 0 Å². The first-order valence-corrected chi connectivity index (χ1v) is 8.95. The maximum absolute atomic E-state index is 12.5. The van der Waals surface area contributed by atoms with E-state index in [0.29, 0.717) is 16.3 Å². The molecule has 3 rings (SSSR count). The van der Waals surface area contributed by atoms with Gasteiger partial charge in [0, 0.05) is 30.2 Å². The molecular weight excluding hydrogens is 368 g/mol. The van der Waals surface area contributed by atoms with E-state index in [-0.39, 0.29) is 31.3 Å². The second kappa shape index (κ2) is 8.22. The lowest BCUT2D eigenvalue weighted by molar-refractivity contribution is -0.138. The van der Waals surface area contributed by atoms with Gasteiger partial charge in [-0.15, -0.1) is 0 Å². The smallest absolute Gasteiger partial charge is 0.312 e. The van der Waals surface area contributed by atoms with E-state index < -0.39 is 17.8 Å². The molecule has 2 aromatic rings. The number of amides is 2. The summed E-state index contributed by atoms with van der Waals surface area (Å²) in [5.41, 5.74) is 1.31. The van der Waals surface area contributed by atoms with Crippen molar-refractivity contribution < 1.29 is 19.5 Å². The summed E-state index contributed by atoms with van der Waals surface area (Å²) in [6, 6.07) is 15.6. The van der Waals surface area contributed by atoms with Crippen molar-refractivity contribution in [3.05, 3.63) is 65.2 Å². The number of nitrogens with one attached hydrogen (secondary N) is 1. The average molecular weight is 387 g/mol. The highest BCUT2D eigenvalue weighted by Crippen LogP contribution is 2.26. The Balaban J connectivity index is 1.62. The number of carboxylic acids is 1. The quantitative estimate of drug-likeness (QED) is 0.799. The Morgan fingerprint density at radius 2 is 1.81 bits per heavy atom. The molecule has 0 aliphatic carbocycles. The number of carboxylic acid groups (broad SMARTS) is 1. The van der Waals surface area contributed by atoms with Gasteiger partial charge in [-0.3, -0.25) is 14.4 Å². The molecule has 2 atom stereocenters. The molecule has 0 aromatic heterocycles. The summed E-state index contributed by atoms with van der Waals surface area (Å²) in [5, 5.41) is 12.7. The van der Waals surface area contributed by atoms with Gasteiger partial charge >= 0.3 is 5.97 Å². The molecule has 1 saturated heterocycles. The molecule has 27 heavy (non-hydrogen) atoms. The van der Waals surface area contributed by atoms with Crippen LogP contribution >= 0.6 is 11.6 Å². The van der Waals surface area contributed by atoms with E-state index in [4.69, 9.17) is 11.6 Å². The second-order valence-corrected chi connectivity index (χ2v) is 6.86. The molecule has 1 heterocycles. The fraction of sp³-hybridized carbons (Fsp3) is 0.250. The van der Waals surface area contributed by atoms with E-state index in [0.717, 1.165) is 0 Å². The van der Waals surface area contributed by atoms with Crippen molar-refractivity contribution in [2.75, 3.05) is 18.0 Å². The van der Waals surface area contributed by atoms with Crippen molar-refractivity contribution in [1.82, 2.24) is 5.32 Å². The summed E-state index contributed by atoms with van der Waals surface area (Å²) < 4.78 is 0. The molecular formula is C20H19ClN2O4. The lowest BCUT2D eigenvalue weighted by Crippen LogP contribution is -2.37. The van der Waals surface area contributed by atoms with E-state index in [1.807, 2.05) is 0 Å². The number of carbonyl (C=O) groups is 3. The fourth-order valence-electron chi connectivity index (χ4n) is 3.13. The molecule has 2 N–H and O–H groups in total. The minimum atomic E-state index is -1.01. The van der Waals surface area contributed by atoms with Crippen LogP contribution < -0.4 is 10.2 Å². The van der Waals surface area contributed by atoms with E-state index in [1.54, 1.807) is 59.5 Å². The van der Waals surface area contributed by atoms with Crippen LogP contribution in [0.3, 0.4) is 0 Å². The number of benzene rings is 2. The molecule has 0 bridgehead atoms. The summed E-state index contributed by atoms with van der Waals surface area (Å²) in [4.78, 5) is 37.8. The Hall–Kier alpha value is -2.86. The highest BCUT2D eigenvalue weighted by Gasteiger charge is 2.35. The van der Waals surface area contributed by atoms with Crippen molar-refractivity contribution in [1.29, 1.82) is 0 Å². The van der Waals surface area contributed by atoms with Crippen molar-refractivity contribution in [3.63, 3.8) is 0 Å². The van der Waals surface area contributed by atoms with E-state index in [2.05, 4.69) is 5.32 Å². The molecule has 2 aromatic carbocycles. The lowest BCUT2D eigenvalue weighted by atomic mass is 9.99. The normalized spacial score (nSPS) is 17.6. The number of aliphatic carboxylic acids is 1. The van der Waals surface area contributed by atoms with Crippen LogP contribution in [0.15, 0.2) is 54.6 Å². The Morgan fingerprint density at radius 1 is 1.15 bits per heavy atom. The number of anilines is 1. The van der Waals surface area contributed by atoms with Crippen molar-refractivity contribution >= 4 is 35.1 Å². The zero-order valence-corrected chi connectivity index (χ0v) is 15.2. The van der Waals surface area contributed by atoms with Crippen LogP contribution in [0.1, 0.15) is 17.9 Å². The number of rotatable bonds is 6. The van der Waals surface area contributed by atoms with Gasteiger partial charge in [0.25, 0.3) is 0 Å². The molecule has 7 heteroatoms. The van der Waals surface area contributed by atoms with Gasteiger partial charge in [-0.25, -0.2) is 0 Å². The molecule has 0 radical (unpaired) electrons. The number of nitrogens with zero attached hydrogens (tertiary/aromatic N) is 1. The van der Waals surface area contributed by atoms with E-state index in [1.165, 1.54) is 0 Å². The molecule has 140 valence electrons. The third-order valence-corrected chi connectivity index (χ3v) is 4.87. The molecule has 1 aliphatic heterocycles. The summed E-state index contributed by atoms with van der Waals surface area (Å²) in [6.45, 7) is 0.235. The zero-order chi connectivity index (χ0) is 19.4. The van der Waals surface area contributed by atoms with Gasteiger partial charge in [0.2, 0.25) is 11.8 Å². The van der Waals surface area contributed by atoms with Crippen LogP contribution in [-0.4, -0.2) is 36.0 Å². The molecule has 1 fully saturated rings. The summed E-state index contributed by atoms with van der Waals surface area (Å²) >= 11 is 5.87. The van der Waals surface area contributed by atoms with Crippen LogP contribution in [0.25, 0.3) is 0 Å². The van der Waals surface area contributed by atoms with Gasteiger partial charge in [0.1, 0.15) is 0 Å². The third kappa shape index (κ3) is 4.46. The van der Waals surface area contributed by atoms with Gasteiger partial charge < -0.3 is 15.3 Å². The molecule has 0 saturated carbocycles. The lowest BCUT2D eigenvalue weighted by Gasteiger charge is -2.18. The number of halogens is 1. The first kappa shape index (κ1) is 18.9. The maximum atomic E-state index is 12.5. The molecule has 6 nitrogen and oxygen atoms in total. The SMILES string of the molecule is O=C(NCC(C(=O)O)c1ccccc1)C1CC(=O)N(c2ccc(Cl)cc2)C1. The number of carbonyl (C=O) groups excluding carboxylic acids is 2. The van der Waals surface area contributed by atoms with Crippen molar-refractivity contribution in [2.45, 2.75) is 12.3 Å².